The van der Waals surface area contributed by atoms with Crippen molar-refractivity contribution in [1.29, 1.82) is 0 Å². The van der Waals surface area contributed by atoms with Crippen molar-refractivity contribution in [2.45, 2.75) is 69.8 Å². The maximum atomic E-state index is 12.1. The van der Waals surface area contributed by atoms with Crippen LogP contribution in [0.15, 0.2) is 12.4 Å². The van der Waals surface area contributed by atoms with Crippen LogP contribution >= 0.6 is 0 Å². The standard InChI is InChI=1S/C18H29N5O5/c1-10(2)22-18(26)20-8-14-16(25)17-13(28-14)4-12(27-17)5-15(24)19-6-11-7-21-23(3)9-11/h7,9-10,12-14,16-17,25H,4-6,8H2,1-3H3,(H,19,24)(H2,20,22,26). The van der Waals surface area contributed by atoms with Crippen LogP contribution in [0.3, 0.4) is 0 Å². The highest BCUT2D eigenvalue weighted by molar-refractivity contribution is 5.76. The first-order valence-corrected chi connectivity index (χ1v) is 9.59. The first kappa shape index (κ1) is 20.6. The molecule has 156 valence electrons. The van der Waals surface area contributed by atoms with Crippen LogP contribution in [-0.2, 0) is 27.9 Å². The summed E-state index contributed by atoms with van der Waals surface area (Å²) in [6.07, 6.45) is 1.90. The van der Waals surface area contributed by atoms with Gasteiger partial charge in [0.05, 0.1) is 24.8 Å². The molecule has 5 unspecified atom stereocenters. The lowest BCUT2D eigenvalue weighted by atomic mass is 10.1. The summed E-state index contributed by atoms with van der Waals surface area (Å²) in [7, 11) is 1.82. The van der Waals surface area contributed by atoms with Gasteiger partial charge in [-0.2, -0.15) is 5.10 Å². The molecule has 2 saturated heterocycles. The van der Waals surface area contributed by atoms with Gasteiger partial charge in [0.1, 0.15) is 18.3 Å². The number of aliphatic hydroxyl groups is 1. The average molecular weight is 395 g/mol. The number of urea groups is 1. The van der Waals surface area contributed by atoms with Gasteiger partial charge >= 0.3 is 6.03 Å². The molecule has 1 aromatic rings. The second-order valence-electron chi connectivity index (χ2n) is 7.67. The van der Waals surface area contributed by atoms with Crippen molar-refractivity contribution in [3.05, 3.63) is 18.0 Å². The summed E-state index contributed by atoms with van der Waals surface area (Å²) in [5.41, 5.74) is 0.927. The van der Waals surface area contributed by atoms with Crippen LogP contribution in [0.5, 0.6) is 0 Å². The molecule has 0 aliphatic carbocycles. The van der Waals surface area contributed by atoms with Gasteiger partial charge in [0.2, 0.25) is 5.91 Å². The number of fused-ring (bicyclic) bond motifs is 1. The maximum absolute atomic E-state index is 12.1. The van der Waals surface area contributed by atoms with Gasteiger partial charge in [-0.3, -0.25) is 9.48 Å². The lowest BCUT2D eigenvalue weighted by Crippen LogP contribution is -2.45. The molecule has 2 aliphatic heterocycles. The Balaban J connectivity index is 1.39. The van der Waals surface area contributed by atoms with Gasteiger partial charge < -0.3 is 30.5 Å². The number of aromatic nitrogens is 2. The van der Waals surface area contributed by atoms with Crippen molar-refractivity contribution in [1.82, 2.24) is 25.7 Å². The molecule has 4 N–H and O–H groups in total. The largest absolute Gasteiger partial charge is 0.388 e. The second kappa shape index (κ2) is 8.89. The fourth-order valence-electron chi connectivity index (χ4n) is 3.56. The summed E-state index contributed by atoms with van der Waals surface area (Å²) in [6.45, 7) is 4.35. The van der Waals surface area contributed by atoms with Crippen LogP contribution < -0.4 is 16.0 Å². The third-order valence-corrected chi connectivity index (χ3v) is 4.82. The average Bonchev–Trinajstić information content (AvgIpc) is 3.27. The van der Waals surface area contributed by atoms with Crippen LogP contribution in [0.4, 0.5) is 4.79 Å². The molecule has 0 saturated carbocycles. The van der Waals surface area contributed by atoms with Gasteiger partial charge in [-0.15, -0.1) is 0 Å². The van der Waals surface area contributed by atoms with E-state index in [1.54, 1.807) is 10.9 Å². The lowest BCUT2D eigenvalue weighted by molar-refractivity contribution is -0.124. The molecule has 0 spiro atoms. The van der Waals surface area contributed by atoms with E-state index in [2.05, 4.69) is 21.0 Å². The minimum absolute atomic E-state index is 0.0298. The fraction of sp³-hybridized carbons (Fsp3) is 0.722. The summed E-state index contributed by atoms with van der Waals surface area (Å²) >= 11 is 0. The maximum Gasteiger partial charge on any atom is 0.315 e. The number of carbonyl (C=O) groups is 2. The van der Waals surface area contributed by atoms with E-state index in [0.717, 1.165) is 5.56 Å². The first-order valence-electron chi connectivity index (χ1n) is 9.59. The van der Waals surface area contributed by atoms with Crippen LogP contribution in [0.1, 0.15) is 32.3 Å². The highest BCUT2D eigenvalue weighted by Gasteiger charge is 2.50. The van der Waals surface area contributed by atoms with Gasteiger partial charge in [0.15, 0.2) is 0 Å². The third-order valence-electron chi connectivity index (χ3n) is 4.82. The summed E-state index contributed by atoms with van der Waals surface area (Å²) in [4.78, 5) is 23.8. The number of carbonyl (C=O) groups excluding carboxylic acids is 2. The SMILES string of the molecule is CC(C)NC(=O)NCC1OC2CC(CC(=O)NCc3cnn(C)c3)OC2C1O. The Kier molecular flexibility index (Phi) is 6.53. The van der Waals surface area contributed by atoms with Gasteiger partial charge in [-0.1, -0.05) is 0 Å². The fourth-order valence-corrected chi connectivity index (χ4v) is 3.56. The number of nitrogens with one attached hydrogen (secondary N) is 3. The molecular formula is C18H29N5O5. The van der Waals surface area contributed by atoms with E-state index >= 15 is 0 Å². The molecule has 10 heteroatoms. The number of rotatable bonds is 7. The van der Waals surface area contributed by atoms with Crippen molar-refractivity contribution in [2.24, 2.45) is 7.05 Å². The Labute approximate surface area is 163 Å². The molecule has 2 aliphatic rings. The molecule has 3 rings (SSSR count). The third kappa shape index (κ3) is 5.21. The Hall–Kier alpha value is -2.17. The van der Waals surface area contributed by atoms with E-state index in [4.69, 9.17) is 9.47 Å². The molecule has 2 fully saturated rings. The highest BCUT2D eigenvalue weighted by Crippen LogP contribution is 2.35. The van der Waals surface area contributed by atoms with Gasteiger partial charge in [0, 0.05) is 44.4 Å². The molecule has 28 heavy (non-hydrogen) atoms. The summed E-state index contributed by atoms with van der Waals surface area (Å²) in [6, 6.07) is -0.269. The zero-order valence-electron chi connectivity index (χ0n) is 16.4. The van der Waals surface area contributed by atoms with Crippen molar-refractivity contribution in [3.8, 4) is 0 Å². The van der Waals surface area contributed by atoms with Crippen LogP contribution in [0.25, 0.3) is 0 Å². The predicted molar refractivity (Wildman–Crippen MR) is 99.3 cm³/mol. The quantitative estimate of drug-likeness (QED) is 0.489. The molecule has 3 amide bonds. The highest BCUT2D eigenvalue weighted by atomic mass is 16.6. The Bertz CT molecular complexity index is 694. The summed E-state index contributed by atoms with van der Waals surface area (Å²) < 4.78 is 13.4. The molecule has 0 aromatic carbocycles. The van der Waals surface area contributed by atoms with Crippen LogP contribution in [0, 0.1) is 0 Å². The van der Waals surface area contributed by atoms with Gasteiger partial charge in [-0.05, 0) is 13.8 Å². The Morgan fingerprint density at radius 3 is 2.79 bits per heavy atom. The number of aryl methyl sites for hydroxylation is 1. The van der Waals surface area contributed by atoms with Crippen molar-refractivity contribution < 1.29 is 24.2 Å². The van der Waals surface area contributed by atoms with Crippen molar-refractivity contribution >= 4 is 11.9 Å². The normalized spacial score (nSPS) is 29.0. The van der Waals surface area contributed by atoms with E-state index in [1.807, 2.05) is 27.1 Å². The van der Waals surface area contributed by atoms with E-state index in [1.165, 1.54) is 0 Å². The number of ether oxygens (including phenoxy) is 2. The molecular weight excluding hydrogens is 366 g/mol. The van der Waals surface area contributed by atoms with Gasteiger partial charge in [-0.25, -0.2) is 4.79 Å². The van der Waals surface area contributed by atoms with E-state index in [9.17, 15) is 14.7 Å². The Morgan fingerprint density at radius 1 is 1.36 bits per heavy atom. The van der Waals surface area contributed by atoms with E-state index in [0.29, 0.717) is 13.0 Å². The Morgan fingerprint density at radius 2 is 2.14 bits per heavy atom. The molecule has 3 heterocycles. The van der Waals surface area contributed by atoms with Gasteiger partial charge in [0.25, 0.3) is 0 Å². The monoisotopic (exact) mass is 395 g/mol. The van der Waals surface area contributed by atoms with Crippen LogP contribution in [0.2, 0.25) is 0 Å². The second-order valence-corrected chi connectivity index (χ2v) is 7.67. The molecule has 1 aromatic heterocycles. The number of nitrogens with zero attached hydrogens (tertiary/aromatic N) is 2. The zero-order valence-corrected chi connectivity index (χ0v) is 16.4. The van der Waals surface area contributed by atoms with Crippen LogP contribution in [-0.4, -0.2) is 69.9 Å². The van der Waals surface area contributed by atoms with E-state index in [-0.39, 0.29) is 43.2 Å². The topological polar surface area (TPSA) is 127 Å². The number of hydrogen-bond acceptors (Lipinski definition) is 6. The smallest absolute Gasteiger partial charge is 0.315 e. The number of aliphatic hydroxyl groups excluding tert-OH is 1. The molecule has 0 radical (unpaired) electrons. The number of amides is 3. The number of hydrogen-bond donors (Lipinski definition) is 4. The van der Waals surface area contributed by atoms with Crippen molar-refractivity contribution in [3.63, 3.8) is 0 Å². The van der Waals surface area contributed by atoms with E-state index < -0.39 is 18.3 Å². The lowest BCUT2D eigenvalue weighted by Gasteiger charge is -2.20. The molecule has 5 atom stereocenters. The zero-order chi connectivity index (χ0) is 20.3. The first-order chi connectivity index (χ1) is 13.3. The minimum Gasteiger partial charge on any atom is -0.388 e. The summed E-state index contributed by atoms with van der Waals surface area (Å²) in [5, 5.41) is 22.7. The molecule has 0 bridgehead atoms. The molecule has 10 nitrogen and oxygen atoms in total. The summed E-state index contributed by atoms with van der Waals surface area (Å²) in [5.74, 6) is -0.119. The predicted octanol–water partition coefficient (Wildman–Crippen LogP) is -0.580. The van der Waals surface area contributed by atoms with Crippen molar-refractivity contribution in [2.75, 3.05) is 6.54 Å². The minimum atomic E-state index is -0.840.